The molecule has 6 heteroatoms. The molecule has 1 atom stereocenters. The average Bonchev–Trinajstić information content (AvgIpc) is 3.31. The lowest BCUT2D eigenvalue weighted by atomic mass is 10.1. The summed E-state index contributed by atoms with van der Waals surface area (Å²) in [5.41, 5.74) is 0.933. The summed E-state index contributed by atoms with van der Waals surface area (Å²) in [5.74, 6) is 1.01. The molecule has 1 N–H and O–H groups in total. The molecule has 3 heterocycles. The van der Waals surface area contributed by atoms with Crippen LogP contribution in [0, 0.1) is 5.92 Å². The van der Waals surface area contributed by atoms with Gasteiger partial charge in [-0.2, -0.15) is 0 Å². The predicted octanol–water partition coefficient (Wildman–Crippen LogP) is 3.01. The van der Waals surface area contributed by atoms with Crippen molar-refractivity contribution in [1.29, 1.82) is 0 Å². The number of carbonyl (C=O) groups excluding carboxylic acids is 1. The fraction of sp³-hybridized carbons (Fsp3) is 0.294. The molecule has 5 nitrogen and oxygen atoms in total. The van der Waals surface area contributed by atoms with E-state index < -0.39 is 0 Å². The van der Waals surface area contributed by atoms with Gasteiger partial charge in [-0.3, -0.25) is 4.79 Å². The fourth-order valence-corrected chi connectivity index (χ4v) is 3.79. The Balaban J connectivity index is 1.58. The van der Waals surface area contributed by atoms with Gasteiger partial charge in [0.15, 0.2) is 16.5 Å². The van der Waals surface area contributed by atoms with Gasteiger partial charge in [-0.1, -0.05) is 12.1 Å². The molecule has 1 amide bonds. The van der Waals surface area contributed by atoms with Gasteiger partial charge in [0.25, 0.3) is 5.91 Å². The number of fused-ring (bicyclic) bond motifs is 1. The molecule has 3 aromatic rings. The Labute approximate surface area is 137 Å². The second-order valence-corrected chi connectivity index (χ2v) is 6.77. The predicted molar refractivity (Wildman–Crippen MR) is 88.4 cm³/mol. The first-order valence-corrected chi connectivity index (χ1v) is 8.42. The standard InChI is InChI=1S/C17H16N2O3S/c20-10-11-7-8-19(9-11)17(21)14-6-5-13(22-14)16-18-12-3-1-2-4-15(12)23-16/h1-6,11,20H,7-10H2. The van der Waals surface area contributed by atoms with Gasteiger partial charge in [0, 0.05) is 25.6 Å². The largest absolute Gasteiger partial charge is 0.448 e. The van der Waals surface area contributed by atoms with Crippen LogP contribution in [-0.2, 0) is 0 Å². The number of carbonyl (C=O) groups is 1. The van der Waals surface area contributed by atoms with Crippen LogP contribution in [0.4, 0.5) is 0 Å². The number of furan rings is 1. The highest BCUT2D eigenvalue weighted by atomic mass is 32.1. The monoisotopic (exact) mass is 328 g/mol. The van der Waals surface area contributed by atoms with Crippen molar-refractivity contribution in [2.45, 2.75) is 6.42 Å². The number of nitrogens with zero attached hydrogens (tertiary/aromatic N) is 2. The Bertz CT molecular complexity index is 821. The van der Waals surface area contributed by atoms with Gasteiger partial charge in [-0.15, -0.1) is 11.3 Å². The number of aromatic nitrogens is 1. The van der Waals surface area contributed by atoms with Gasteiger partial charge in [0.2, 0.25) is 0 Å². The summed E-state index contributed by atoms with van der Waals surface area (Å²) in [5, 5.41) is 9.97. The second kappa shape index (κ2) is 5.79. The van der Waals surface area contributed by atoms with Gasteiger partial charge in [0.05, 0.1) is 10.2 Å². The number of hydrogen-bond acceptors (Lipinski definition) is 5. The number of aliphatic hydroxyl groups is 1. The molecular weight excluding hydrogens is 312 g/mol. The topological polar surface area (TPSA) is 66.6 Å². The highest BCUT2D eigenvalue weighted by molar-refractivity contribution is 7.21. The molecule has 0 aliphatic carbocycles. The van der Waals surface area contributed by atoms with Crippen LogP contribution in [0.5, 0.6) is 0 Å². The van der Waals surface area contributed by atoms with E-state index >= 15 is 0 Å². The van der Waals surface area contributed by atoms with Crippen LogP contribution in [0.3, 0.4) is 0 Å². The number of aliphatic hydroxyl groups excluding tert-OH is 1. The molecule has 4 rings (SSSR count). The highest BCUT2D eigenvalue weighted by Gasteiger charge is 2.28. The maximum Gasteiger partial charge on any atom is 0.289 e. The van der Waals surface area contributed by atoms with Crippen molar-refractivity contribution in [3.05, 3.63) is 42.2 Å². The molecule has 23 heavy (non-hydrogen) atoms. The smallest absolute Gasteiger partial charge is 0.289 e. The number of amides is 1. The minimum absolute atomic E-state index is 0.117. The van der Waals surface area contributed by atoms with Crippen molar-refractivity contribution in [1.82, 2.24) is 9.88 Å². The second-order valence-electron chi connectivity index (χ2n) is 5.74. The van der Waals surface area contributed by atoms with E-state index in [0.29, 0.717) is 24.6 Å². The van der Waals surface area contributed by atoms with E-state index in [-0.39, 0.29) is 18.4 Å². The molecule has 1 aliphatic rings. The van der Waals surface area contributed by atoms with Gasteiger partial charge in [-0.25, -0.2) is 4.98 Å². The molecule has 1 saturated heterocycles. The van der Waals surface area contributed by atoms with Crippen LogP contribution in [0.15, 0.2) is 40.8 Å². The van der Waals surface area contributed by atoms with E-state index in [9.17, 15) is 9.90 Å². The van der Waals surface area contributed by atoms with Crippen molar-refractivity contribution in [3.63, 3.8) is 0 Å². The molecule has 1 aromatic carbocycles. The van der Waals surface area contributed by atoms with E-state index in [1.165, 1.54) is 0 Å². The van der Waals surface area contributed by atoms with Crippen LogP contribution in [0.1, 0.15) is 17.0 Å². The maximum atomic E-state index is 12.5. The normalized spacial score (nSPS) is 18.0. The van der Waals surface area contributed by atoms with Crippen molar-refractivity contribution >= 4 is 27.5 Å². The third-order valence-corrected chi connectivity index (χ3v) is 5.20. The van der Waals surface area contributed by atoms with E-state index in [2.05, 4.69) is 4.98 Å². The molecule has 1 fully saturated rings. The van der Waals surface area contributed by atoms with Crippen LogP contribution in [0.25, 0.3) is 21.0 Å². The van der Waals surface area contributed by atoms with E-state index in [1.807, 2.05) is 24.3 Å². The Morgan fingerprint density at radius 3 is 3.00 bits per heavy atom. The minimum Gasteiger partial charge on any atom is -0.448 e. The van der Waals surface area contributed by atoms with Crippen LogP contribution >= 0.6 is 11.3 Å². The summed E-state index contributed by atoms with van der Waals surface area (Å²) in [4.78, 5) is 18.7. The van der Waals surface area contributed by atoms with Crippen molar-refractivity contribution < 1.29 is 14.3 Å². The summed E-state index contributed by atoms with van der Waals surface area (Å²) >= 11 is 1.55. The Kier molecular flexibility index (Phi) is 3.63. The number of hydrogen-bond donors (Lipinski definition) is 1. The zero-order valence-electron chi connectivity index (χ0n) is 12.4. The summed E-state index contributed by atoms with van der Waals surface area (Å²) in [6.45, 7) is 1.38. The Hall–Kier alpha value is -2.18. The SMILES string of the molecule is O=C(c1ccc(-c2nc3ccccc3s2)o1)N1CCC(CO)C1. The van der Waals surface area contributed by atoms with Crippen molar-refractivity contribution in [2.75, 3.05) is 19.7 Å². The number of benzene rings is 1. The van der Waals surface area contributed by atoms with Gasteiger partial charge in [-0.05, 0) is 30.7 Å². The first-order chi connectivity index (χ1) is 11.2. The lowest BCUT2D eigenvalue weighted by molar-refractivity contribution is 0.0751. The summed E-state index contributed by atoms with van der Waals surface area (Å²) in [6.07, 6.45) is 0.841. The van der Waals surface area contributed by atoms with Crippen LogP contribution in [0.2, 0.25) is 0 Å². The fourth-order valence-electron chi connectivity index (χ4n) is 2.87. The van der Waals surface area contributed by atoms with Crippen molar-refractivity contribution in [2.24, 2.45) is 5.92 Å². The first kappa shape index (κ1) is 14.4. The Morgan fingerprint density at radius 2 is 2.22 bits per heavy atom. The van der Waals surface area contributed by atoms with Gasteiger partial charge in [0.1, 0.15) is 0 Å². The van der Waals surface area contributed by atoms with E-state index in [0.717, 1.165) is 21.6 Å². The summed E-state index contributed by atoms with van der Waals surface area (Å²) in [7, 11) is 0. The maximum absolute atomic E-state index is 12.5. The molecule has 0 saturated carbocycles. The van der Waals surface area contributed by atoms with Crippen LogP contribution in [-0.4, -0.2) is 40.6 Å². The van der Waals surface area contributed by atoms with Gasteiger partial charge >= 0.3 is 0 Å². The van der Waals surface area contributed by atoms with Gasteiger partial charge < -0.3 is 14.4 Å². The third kappa shape index (κ3) is 2.64. The zero-order valence-corrected chi connectivity index (χ0v) is 13.3. The third-order valence-electron chi connectivity index (χ3n) is 4.15. The summed E-state index contributed by atoms with van der Waals surface area (Å²) < 4.78 is 6.83. The zero-order chi connectivity index (χ0) is 15.8. The number of rotatable bonds is 3. The molecular formula is C17H16N2O3S. The average molecular weight is 328 g/mol. The Morgan fingerprint density at radius 1 is 1.35 bits per heavy atom. The molecule has 2 aromatic heterocycles. The van der Waals surface area contributed by atoms with E-state index in [1.54, 1.807) is 28.4 Å². The lowest BCUT2D eigenvalue weighted by Gasteiger charge is -2.14. The summed E-state index contributed by atoms with van der Waals surface area (Å²) in [6, 6.07) is 11.4. The van der Waals surface area contributed by atoms with E-state index in [4.69, 9.17) is 4.42 Å². The van der Waals surface area contributed by atoms with Crippen molar-refractivity contribution in [3.8, 4) is 10.8 Å². The lowest BCUT2D eigenvalue weighted by Crippen LogP contribution is -2.28. The number of thiazole rings is 1. The molecule has 118 valence electrons. The molecule has 0 spiro atoms. The number of para-hydroxylation sites is 1. The molecule has 0 radical (unpaired) electrons. The molecule has 0 bridgehead atoms. The molecule has 1 unspecified atom stereocenters. The highest BCUT2D eigenvalue weighted by Crippen LogP contribution is 2.31. The first-order valence-electron chi connectivity index (χ1n) is 7.60. The van der Waals surface area contributed by atoms with Crippen LogP contribution < -0.4 is 0 Å². The molecule has 1 aliphatic heterocycles. The quantitative estimate of drug-likeness (QED) is 0.802. The number of likely N-dealkylation sites (tertiary alicyclic amines) is 1. The minimum atomic E-state index is -0.117.